The van der Waals surface area contributed by atoms with Crippen LogP contribution in [0.25, 0.3) is 0 Å². The molecule has 0 aromatic heterocycles. The van der Waals surface area contributed by atoms with Crippen LogP contribution in [0.3, 0.4) is 0 Å². The molecule has 0 radical (unpaired) electrons. The average Bonchev–Trinajstić information content (AvgIpc) is 2.83. The summed E-state index contributed by atoms with van der Waals surface area (Å²) >= 11 is 1.69. The predicted molar refractivity (Wildman–Crippen MR) is 86.4 cm³/mol. The molecule has 1 aliphatic heterocycles. The van der Waals surface area contributed by atoms with E-state index in [4.69, 9.17) is 0 Å². The Balaban J connectivity index is 1.66. The zero-order valence-corrected chi connectivity index (χ0v) is 13.0. The molecule has 2 aromatic carbocycles. The first-order valence-corrected chi connectivity index (χ1v) is 7.80. The first-order chi connectivity index (χ1) is 10.6. The molecule has 2 amide bonds. The number of aryl methyl sites for hydroxylation is 1. The van der Waals surface area contributed by atoms with Crippen molar-refractivity contribution in [1.29, 1.82) is 0 Å². The highest BCUT2D eigenvalue weighted by Crippen LogP contribution is 2.28. The molecule has 0 spiro atoms. The molecule has 0 aliphatic carbocycles. The summed E-state index contributed by atoms with van der Waals surface area (Å²) in [4.78, 5) is 26.6. The summed E-state index contributed by atoms with van der Waals surface area (Å²) < 4.78 is 0. The SMILES string of the molecule is Cc1ccc(Sc2ccc(CN3C(=O)C=CC3=O)cc2)cc1. The van der Waals surface area contributed by atoms with E-state index in [1.807, 2.05) is 24.3 Å². The Morgan fingerprint density at radius 2 is 1.32 bits per heavy atom. The summed E-state index contributed by atoms with van der Waals surface area (Å²) in [6, 6.07) is 16.3. The van der Waals surface area contributed by atoms with Crippen molar-refractivity contribution in [2.75, 3.05) is 0 Å². The van der Waals surface area contributed by atoms with E-state index in [1.165, 1.54) is 27.5 Å². The molecule has 1 heterocycles. The topological polar surface area (TPSA) is 37.4 Å². The second kappa shape index (κ2) is 6.20. The Bertz CT molecular complexity index is 715. The van der Waals surface area contributed by atoms with Crippen LogP contribution in [0, 0.1) is 6.92 Å². The number of hydrogen-bond acceptors (Lipinski definition) is 3. The molecule has 0 fully saturated rings. The highest BCUT2D eigenvalue weighted by atomic mass is 32.2. The summed E-state index contributed by atoms with van der Waals surface area (Å²) in [5.41, 5.74) is 2.19. The van der Waals surface area contributed by atoms with E-state index in [9.17, 15) is 9.59 Å². The van der Waals surface area contributed by atoms with Gasteiger partial charge in [-0.05, 0) is 36.8 Å². The van der Waals surface area contributed by atoms with Crippen LogP contribution in [0.15, 0.2) is 70.5 Å². The molecule has 0 unspecified atom stereocenters. The molecule has 0 saturated carbocycles. The largest absolute Gasteiger partial charge is 0.271 e. The fourth-order valence-electron chi connectivity index (χ4n) is 2.17. The Morgan fingerprint density at radius 3 is 1.86 bits per heavy atom. The van der Waals surface area contributed by atoms with Gasteiger partial charge in [-0.1, -0.05) is 41.6 Å². The van der Waals surface area contributed by atoms with Crippen molar-refractivity contribution < 1.29 is 9.59 Å². The summed E-state index contributed by atoms with van der Waals surface area (Å²) in [6.45, 7) is 2.39. The zero-order valence-electron chi connectivity index (χ0n) is 12.2. The van der Waals surface area contributed by atoms with Crippen molar-refractivity contribution in [3.63, 3.8) is 0 Å². The van der Waals surface area contributed by atoms with Gasteiger partial charge in [0, 0.05) is 21.9 Å². The highest BCUT2D eigenvalue weighted by Gasteiger charge is 2.23. The lowest BCUT2D eigenvalue weighted by Gasteiger charge is -2.13. The zero-order chi connectivity index (χ0) is 15.5. The van der Waals surface area contributed by atoms with Gasteiger partial charge in [0.15, 0.2) is 0 Å². The summed E-state index contributed by atoms with van der Waals surface area (Å²) in [7, 11) is 0. The molecule has 0 N–H and O–H groups in total. The van der Waals surface area contributed by atoms with Gasteiger partial charge in [-0.2, -0.15) is 0 Å². The molecular formula is C18H15NO2S. The van der Waals surface area contributed by atoms with Gasteiger partial charge in [0.25, 0.3) is 11.8 Å². The molecular weight excluding hydrogens is 294 g/mol. The number of carbonyl (C=O) groups is 2. The van der Waals surface area contributed by atoms with Crippen LogP contribution in [0.2, 0.25) is 0 Å². The maximum absolute atomic E-state index is 11.5. The molecule has 0 atom stereocenters. The lowest BCUT2D eigenvalue weighted by molar-refractivity contribution is -0.137. The summed E-state index contributed by atoms with van der Waals surface area (Å²) in [6.07, 6.45) is 2.62. The maximum Gasteiger partial charge on any atom is 0.253 e. The van der Waals surface area contributed by atoms with Crippen LogP contribution in [0.4, 0.5) is 0 Å². The second-order valence-electron chi connectivity index (χ2n) is 5.16. The minimum absolute atomic E-state index is 0.247. The lowest BCUT2D eigenvalue weighted by atomic mass is 10.2. The third-order valence-electron chi connectivity index (χ3n) is 3.42. The molecule has 3 nitrogen and oxygen atoms in total. The van der Waals surface area contributed by atoms with Crippen molar-refractivity contribution in [3.05, 3.63) is 71.8 Å². The number of nitrogens with zero attached hydrogens (tertiary/aromatic N) is 1. The van der Waals surface area contributed by atoms with Crippen LogP contribution in [0.1, 0.15) is 11.1 Å². The third kappa shape index (κ3) is 3.28. The van der Waals surface area contributed by atoms with Crippen molar-refractivity contribution in [3.8, 4) is 0 Å². The van der Waals surface area contributed by atoms with E-state index in [2.05, 4.69) is 31.2 Å². The van der Waals surface area contributed by atoms with Crippen molar-refractivity contribution in [2.24, 2.45) is 0 Å². The van der Waals surface area contributed by atoms with Crippen LogP contribution in [-0.4, -0.2) is 16.7 Å². The fourth-order valence-corrected chi connectivity index (χ4v) is 2.99. The standard InChI is InChI=1S/C18H15NO2S/c1-13-2-6-15(7-3-13)22-16-8-4-14(5-9-16)12-19-17(20)10-11-18(19)21/h2-11H,12H2,1H3. The number of amides is 2. The number of imide groups is 1. The van der Waals surface area contributed by atoms with Crippen LogP contribution in [0.5, 0.6) is 0 Å². The monoisotopic (exact) mass is 309 g/mol. The lowest BCUT2D eigenvalue weighted by Crippen LogP contribution is -2.29. The molecule has 3 rings (SSSR count). The van der Waals surface area contributed by atoms with Gasteiger partial charge in [0.1, 0.15) is 0 Å². The fraction of sp³-hybridized carbons (Fsp3) is 0.111. The molecule has 2 aromatic rings. The van der Waals surface area contributed by atoms with E-state index in [0.717, 1.165) is 10.5 Å². The Kier molecular flexibility index (Phi) is 4.11. The molecule has 4 heteroatoms. The van der Waals surface area contributed by atoms with Crippen molar-refractivity contribution >= 4 is 23.6 Å². The van der Waals surface area contributed by atoms with Gasteiger partial charge in [-0.15, -0.1) is 0 Å². The van der Waals surface area contributed by atoms with E-state index in [0.29, 0.717) is 6.54 Å². The molecule has 110 valence electrons. The first kappa shape index (κ1) is 14.6. The molecule has 1 aliphatic rings. The molecule has 0 saturated heterocycles. The average molecular weight is 309 g/mol. The Morgan fingerprint density at radius 1 is 0.818 bits per heavy atom. The molecule has 0 bridgehead atoms. The van der Waals surface area contributed by atoms with Gasteiger partial charge in [0.05, 0.1) is 6.54 Å². The summed E-state index contributed by atoms with van der Waals surface area (Å²) in [5, 5.41) is 0. The number of benzene rings is 2. The van der Waals surface area contributed by atoms with Gasteiger partial charge in [-0.25, -0.2) is 0 Å². The number of hydrogen-bond donors (Lipinski definition) is 0. The van der Waals surface area contributed by atoms with E-state index >= 15 is 0 Å². The maximum atomic E-state index is 11.5. The second-order valence-corrected chi connectivity index (χ2v) is 6.30. The predicted octanol–water partition coefficient (Wildman–Crippen LogP) is 3.57. The van der Waals surface area contributed by atoms with E-state index < -0.39 is 0 Å². The number of rotatable bonds is 4. The quantitative estimate of drug-likeness (QED) is 0.810. The number of carbonyl (C=O) groups excluding carboxylic acids is 2. The Labute approximate surface area is 133 Å². The van der Waals surface area contributed by atoms with E-state index in [-0.39, 0.29) is 11.8 Å². The first-order valence-electron chi connectivity index (χ1n) is 6.99. The molecule has 22 heavy (non-hydrogen) atoms. The van der Waals surface area contributed by atoms with E-state index in [1.54, 1.807) is 11.8 Å². The minimum Gasteiger partial charge on any atom is -0.271 e. The summed E-state index contributed by atoms with van der Waals surface area (Å²) in [5.74, 6) is -0.494. The Hall–Kier alpha value is -2.33. The van der Waals surface area contributed by atoms with Gasteiger partial charge < -0.3 is 0 Å². The van der Waals surface area contributed by atoms with Gasteiger partial charge in [0.2, 0.25) is 0 Å². The van der Waals surface area contributed by atoms with Crippen molar-refractivity contribution in [1.82, 2.24) is 4.90 Å². The van der Waals surface area contributed by atoms with Gasteiger partial charge >= 0.3 is 0 Å². The smallest absolute Gasteiger partial charge is 0.253 e. The normalized spacial score (nSPS) is 14.0. The highest BCUT2D eigenvalue weighted by molar-refractivity contribution is 7.99. The third-order valence-corrected chi connectivity index (χ3v) is 4.44. The van der Waals surface area contributed by atoms with Crippen LogP contribution >= 0.6 is 11.8 Å². The van der Waals surface area contributed by atoms with Crippen LogP contribution < -0.4 is 0 Å². The van der Waals surface area contributed by atoms with Crippen molar-refractivity contribution in [2.45, 2.75) is 23.3 Å². The van der Waals surface area contributed by atoms with Gasteiger partial charge in [-0.3, -0.25) is 14.5 Å². The van der Waals surface area contributed by atoms with Crippen LogP contribution in [-0.2, 0) is 16.1 Å². The minimum atomic E-state index is -0.247.